The van der Waals surface area contributed by atoms with Gasteiger partial charge < -0.3 is 10.1 Å². The number of benzene rings is 2. The second-order valence-corrected chi connectivity index (χ2v) is 7.02. The van der Waals surface area contributed by atoms with Gasteiger partial charge >= 0.3 is 0 Å². The van der Waals surface area contributed by atoms with Gasteiger partial charge in [0.1, 0.15) is 5.75 Å². The van der Waals surface area contributed by atoms with E-state index >= 15 is 0 Å². The van der Waals surface area contributed by atoms with Gasteiger partial charge in [-0.1, -0.05) is 48.4 Å². The van der Waals surface area contributed by atoms with Crippen LogP contribution >= 0.6 is 11.6 Å². The van der Waals surface area contributed by atoms with E-state index in [-0.39, 0.29) is 0 Å². The number of nitrogens with zero attached hydrogens (tertiary/aromatic N) is 1. The maximum atomic E-state index is 6.27. The number of ether oxygens (including phenoxy) is 1. The Bertz CT molecular complexity index is 653. The number of likely N-dealkylation sites (tertiary alicyclic amines) is 1. The minimum absolute atomic E-state index is 0.383. The minimum atomic E-state index is 0.383. The molecule has 3 rings (SSSR count). The third-order valence-electron chi connectivity index (χ3n) is 4.94. The van der Waals surface area contributed by atoms with Crippen LogP contribution in [0.15, 0.2) is 48.5 Å². The molecule has 2 aromatic rings. The zero-order valence-corrected chi connectivity index (χ0v) is 15.6. The van der Waals surface area contributed by atoms with E-state index in [0.29, 0.717) is 6.04 Å². The van der Waals surface area contributed by atoms with Crippen LogP contribution in [0.4, 0.5) is 0 Å². The summed E-state index contributed by atoms with van der Waals surface area (Å²) in [4.78, 5) is 2.60. The molecule has 0 radical (unpaired) electrons. The molecule has 1 atom stereocenters. The van der Waals surface area contributed by atoms with Gasteiger partial charge in [0.25, 0.3) is 0 Å². The fourth-order valence-electron chi connectivity index (χ4n) is 3.50. The SMILES string of the molecule is COc1ccc(C(CNCc2ccccc2Cl)N2CCCCC2)cc1. The van der Waals surface area contributed by atoms with Gasteiger partial charge in [0.2, 0.25) is 0 Å². The van der Waals surface area contributed by atoms with Crippen LogP contribution in [-0.2, 0) is 6.54 Å². The van der Waals surface area contributed by atoms with Crippen molar-refractivity contribution in [1.82, 2.24) is 10.2 Å². The van der Waals surface area contributed by atoms with Crippen LogP contribution < -0.4 is 10.1 Å². The largest absolute Gasteiger partial charge is 0.497 e. The summed E-state index contributed by atoms with van der Waals surface area (Å²) in [7, 11) is 1.71. The van der Waals surface area contributed by atoms with E-state index in [0.717, 1.165) is 29.4 Å². The van der Waals surface area contributed by atoms with Gasteiger partial charge in [-0.15, -0.1) is 0 Å². The maximum absolute atomic E-state index is 6.27. The highest BCUT2D eigenvalue weighted by molar-refractivity contribution is 6.31. The lowest BCUT2D eigenvalue weighted by Gasteiger charge is -2.35. The molecule has 0 aliphatic carbocycles. The van der Waals surface area contributed by atoms with Crippen LogP contribution in [0, 0.1) is 0 Å². The summed E-state index contributed by atoms with van der Waals surface area (Å²) in [6.07, 6.45) is 3.92. The van der Waals surface area contributed by atoms with Crippen molar-refractivity contribution in [1.29, 1.82) is 0 Å². The molecule has 1 fully saturated rings. The summed E-state index contributed by atoms with van der Waals surface area (Å²) in [6, 6.07) is 16.9. The molecule has 4 heteroatoms. The molecular weight excluding hydrogens is 332 g/mol. The van der Waals surface area contributed by atoms with E-state index in [4.69, 9.17) is 16.3 Å². The van der Waals surface area contributed by atoms with Gasteiger partial charge in [-0.3, -0.25) is 4.90 Å². The van der Waals surface area contributed by atoms with Crippen molar-refractivity contribution in [2.75, 3.05) is 26.7 Å². The van der Waals surface area contributed by atoms with Gasteiger partial charge in [0.05, 0.1) is 7.11 Å². The normalized spacial score (nSPS) is 16.6. The molecule has 0 amide bonds. The fourth-order valence-corrected chi connectivity index (χ4v) is 3.70. The second-order valence-electron chi connectivity index (χ2n) is 6.61. The maximum Gasteiger partial charge on any atom is 0.118 e. The fraction of sp³-hybridized carbons (Fsp3) is 0.429. The highest BCUT2D eigenvalue weighted by Gasteiger charge is 2.22. The van der Waals surface area contributed by atoms with Gasteiger partial charge in [-0.25, -0.2) is 0 Å². The van der Waals surface area contributed by atoms with Crippen LogP contribution in [0.5, 0.6) is 5.75 Å². The van der Waals surface area contributed by atoms with Crippen molar-refractivity contribution in [3.8, 4) is 5.75 Å². The first-order valence-electron chi connectivity index (χ1n) is 9.10. The van der Waals surface area contributed by atoms with Crippen molar-refractivity contribution in [3.05, 3.63) is 64.7 Å². The zero-order chi connectivity index (χ0) is 17.5. The quantitative estimate of drug-likeness (QED) is 0.778. The van der Waals surface area contributed by atoms with Gasteiger partial charge in [-0.05, 0) is 55.3 Å². The topological polar surface area (TPSA) is 24.5 Å². The lowest BCUT2D eigenvalue weighted by atomic mass is 10.0. The van der Waals surface area contributed by atoms with E-state index in [1.54, 1.807) is 7.11 Å². The predicted octanol–water partition coefficient (Wildman–Crippen LogP) is 4.67. The highest BCUT2D eigenvalue weighted by atomic mass is 35.5. The van der Waals surface area contributed by atoms with Crippen molar-refractivity contribution < 1.29 is 4.74 Å². The molecule has 2 aromatic carbocycles. The summed E-state index contributed by atoms with van der Waals surface area (Å²) < 4.78 is 5.30. The summed E-state index contributed by atoms with van der Waals surface area (Å²) in [6.45, 7) is 4.05. The Balaban J connectivity index is 1.68. The molecule has 0 bridgehead atoms. The molecule has 1 aliphatic heterocycles. The average Bonchev–Trinajstić information content (AvgIpc) is 2.67. The molecule has 1 aliphatic rings. The molecule has 1 N–H and O–H groups in total. The molecule has 134 valence electrons. The van der Waals surface area contributed by atoms with Crippen molar-refractivity contribution >= 4 is 11.6 Å². The lowest BCUT2D eigenvalue weighted by Crippen LogP contribution is -2.39. The first-order valence-corrected chi connectivity index (χ1v) is 9.48. The predicted molar refractivity (Wildman–Crippen MR) is 104 cm³/mol. The molecule has 1 saturated heterocycles. The Kier molecular flexibility index (Phi) is 6.74. The molecular formula is C21H27ClN2O. The van der Waals surface area contributed by atoms with E-state index in [1.165, 1.54) is 37.9 Å². The molecule has 3 nitrogen and oxygen atoms in total. The van der Waals surface area contributed by atoms with Gasteiger partial charge in [0, 0.05) is 24.2 Å². The van der Waals surface area contributed by atoms with Crippen molar-refractivity contribution in [2.24, 2.45) is 0 Å². The lowest BCUT2D eigenvalue weighted by molar-refractivity contribution is 0.160. The van der Waals surface area contributed by atoms with Crippen LogP contribution in [-0.4, -0.2) is 31.6 Å². The Morgan fingerprint density at radius 1 is 1.04 bits per heavy atom. The Morgan fingerprint density at radius 2 is 1.76 bits per heavy atom. The zero-order valence-electron chi connectivity index (χ0n) is 14.9. The molecule has 0 saturated carbocycles. The number of piperidine rings is 1. The summed E-state index contributed by atoms with van der Waals surface area (Å²) >= 11 is 6.27. The first kappa shape index (κ1) is 18.2. The monoisotopic (exact) mass is 358 g/mol. The van der Waals surface area contributed by atoms with E-state index in [9.17, 15) is 0 Å². The Hall–Kier alpha value is -1.55. The number of hydrogen-bond donors (Lipinski definition) is 1. The van der Waals surface area contributed by atoms with Crippen LogP contribution in [0.1, 0.15) is 36.4 Å². The summed E-state index contributed by atoms with van der Waals surface area (Å²) in [5.41, 5.74) is 2.49. The molecule has 0 spiro atoms. The summed E-state index contributed by atoms with van der Waals surface area (Å²) in [5, 5.41) is 4.44. The third-order valence-corrected chi connectivity index (χ3v) is 5.31. The highest BCUT2D eigenvalue weighted by Crippen LogP contribution is 2.26. The first-order chi connectivity index (χ1) is 12.3. The molecule has 0 aromatic heterocycles. The van der Waals surface area contributed by atoms with Crippen molar-refractivity contribution in [2.45, 2.75) is 31.8 Å². The average molecular weight is 359 g/mol. The molecule has 1 unspecified atom stereocenters. The second kappa shape index (κ2) is 9.23. The van der Waals surface area contributed by atoms with Crippen LogP contribution in [0.3, 0.4) is 0 Å². The molecule has 25 heavy (non-hydrogen) atoms. The van der Waals surface area contributed by atoms with E-state index in [1.807, 2.05) is 18.2 Å². The van der Waals surface area contributed by atoms with E-state index < -0.39 is 0 Å². The number of methoxy groups -OCH3 is 1. The molecule has 1 heterocycles. The van der Waals surface area contributed by atoms with Crippen LogP contribution in [0.2, 0.25) is 5.02 Å². The van der Waals surface area contributed by atoms with Crippen molar-refractivity contribution in [3.63, 3.8) is 0 Å². The van der Waals surface area contributed by atoms with E-state index in [2.05, 4.69) is 40.5 Å². The van der Waals surface area contributed by atoms with Gasteiger partial charge in [0.15, 0.2) is 0 Å². The number of hydrogen-bond acceptors (Lipinski definition) is 3. The Morgan fingerprint density at radius 3 is 2.44 bits per heavy atom. The third kappa shape index (κ3) is 4.97. The van der Waals surface area contributed by atoms with Gasteiger partial charge in [-0.2, -0.15) is 0 Å². The minimum Gasteiger partial charge on any atom is -0.497 e. The standard InChI is InChI=1S/C21H27ClN2O/c1-25-19-11-9-17(10-12-19)21(24-13-5-2-6-14-24)16-23-15-18-7-3-4-8-20(18)22/h3-4,7-12,21,23H,2,5-6,13-16H2,1H3. The number of rotatable bonds is 7. The Labute approximate surface area is 155 Å². The smallest absolute Gasteiger partial charge is 0.118 e. The van der Waals surface area contributed by atoms with Crippen LogP contribution in [0.25, 0.3) is 0 Å². The summed E-state index contributed by atoms with van der Waals surface area (Å²) in [5.74, 6) is 0.908. The number of nitrogens with one attached hydrogen (secondary N) is 1. The number of halogens is 1.